The molecule has 0 unspecified atom stereocenters. The average Bonchev–Trinajstić information content (AvgIpc) is 2.02. The lowest BCUT2D eigenvalue weighted by molar-refractivity contribution is 0.752. The van der Waals surface area contributed by atoms with Gasteiger partial charge in [-0.1, -0.05) is 18.2 Å². The van der Waals surface area contributed by atoms with Gasteiger partial charge in [0.1, 0.15) is 0 Å². The number of rotatable bonds is 0. The van der Waals surface area contributed by atoms with E-state index in [-0.39, 0.29) is 0 Å². The predicted octanol–water partition coefficient (Wildman–Crippen LogP) is 2.35. The number of hydrogen-bond donors (Lipinski definition) is 0. The van der Waals surface area contributed by atoms with Crippen LogP contribution in [0.3, 0.4) is 0 Å². The number of nitrogens with zero attached hydrogens (tertiary/aromatic N) is 1. The van der Waals surface area contributed by atoms with Crippen LogP contribution >= 0.6 is 0 Å². The van der Waals surface area contributed by atoms with Gasteiger partial charge >= 0.3 is 0 Å². The van der Waals surface area contributed by atoms with E-state index in [4.69, 9.17) is 0 Å². The van der Waals surface area contributed by atoms with Crippen molar-refractivity contribution in [2.24, 2.45) is 4.99 Å². The highest BCUT2D eigenvalue weighted by Gasteiger charge is 1.91. The summed E-state index contributed by atoms with van der Waals surface area (Å²) in [5.41, 5.74) is 1.22. The molecule has 0 aliphatic carbocycles. The Hall–Kier alpha value is -0.850. The summed E-state index contributed by atoms with van der Waals surface area (Å²) in [5, 5.41) is 0. The Bertz CT molecular complexity index is 166. The zero-order valence-corrected chi connectivity index (χ0v) is 6.21. The Morgan fingerprint density at radius 1 is 1.40 bits per heavy atom. The van der Waals surface area contributed by atoms with E-state index in [9.17, 15) is 0 Å². The van der Waals surface area contributed by atoms with E-state index >= 15 is 0 Å². The van der Waals surface area contributed by atoms with Crippen LogP contribution in [0.15, 0.2) is 29.3 Å². The molecular weight excluding hydrogens is 122 g/mol. The van der Waals surface area contributed by atoms with Crippen LogP contribution in [-0.2, 0) is 0 Å². The highest BCUT2D eigenvalue weighted by atomic mass is 14.7. The molecule has 0 aromatic rings. The van der Waals surface area contributed by atoms with Gasteiger partial charge < -0.3 is 0 Å². The molecular formula is C9H13N. The van der Waals surface area contributed by atoms with E-state index in [2.05, 4.69) is 11.6 Å². The fourth-order valence-electron chi connectivity index (χ4n) is 0.953. The van der Waals surface area contributed by atoms with Crippen molar-refractivity contribution in [2.75, 3.05) is 6.54 Å². The Balaban J connectivity index is 2.48. The molecule has 54 valence electrons. The van der Waals surface area contributed by atoms with Crippen LogP contribution in [0, 0.1) is 0 Å². The van der Waals surface area contributed by atoms with Crippen molar-refractivity contribution in [3.63, 3.8) is 0 Å². The second-order valence-corrected chi connectivity index (χ2v) is 2.53. The minimum Gasteiger partial charge on any atom is -0.293 e. The van der Waals surface area contributed by atoms with Crippen molar-refractivity contribution in [1.82, 2.24) is 0 Å². The third-order valence-corrected chi connectivity index (χ3v) is 1.56. The van der Waals surface area contributed by atoms with Crippen molar-refractivity contribution in [2.45, 2.75) is 19.3 Å². The first-order valence-corrected chi connectivity index (χ1v) is 3.74. The third kappa shape index (κ3) is 2.62. The Labute approximate surface area is 62.2 Å². The number of hydrogen-bond acceptors (Lipinski definition) is 1. The molecule has 0 radical (unpaired) electrons. The predicted molar refractivity (Wildman–Crippen MR) is 45.5 cm³/mol. The summed E-state index contributed by atoms with van der Waals surface area (Å²) in [6.45, 7) is 4.88. The Morgan fingerprint density at radius 2 is 2.30 bits per heavy atom. The van der Waals surface area contributed by atoms with Gasteiger partial charge in [-0.25, -0.2) is 0 Å². The van der Waals surface area contributed by atoms with E-state index in [0.717, 1.165) is 13.0 Å². The molecule has 1 heteroatoms. The lowest BCUT2D eigenvalue weighted by atomic mass is 10.1. The summed E-state index contributed by atoms with van der Waals surface area (Å²) < 4.78 is 0. The first kappa shape index (κ1) is 7.26. The van der Waals surface area contributed by atoms with Gasteiger partial charge in [0.25, 0.3) is 0 Å². The quantitative estimate of drug-likeness (QED) is 0.483. The van der Waals surface area contributed by atoms with Crippen LogP contribution in [0.25, 0.3) is 0 Å². The zero-order valence-electron chi connectivity index (χ0n) is 6.21. The van der Waals surface area contributed by atoms with Crippen molar-refractivity contribution < 1.29 is 0 Å². The molecule has 0 bridgehead atoms. The SMILES string of the molecule is C=C1/C=C\C=NCCCC1. The van der Waals surface area contributed by atoms with Gasteiger partial charge in [0.15, 0.2) is 0 Å². The van der Waals surface area contributed by atoms with E-state index < -0.39 is 0 Å². The Morgan fingerprint density at radius 3 is 3.20 bits per heavy atom. The summed E-state index contributed by atoms with van der Waals surface area (Å²) in [4.78, 5) is 4.17. The molecule has 0 aromatic carbocycles. The highest BCUT2D eigenvalue weighted by molar-refractivity contribution is 5.71. The molecule has 1 aliphatic heterocycles. The van der Waals surface area contributed by atoms with Crippen molar-refractivity contribution in [3.8, 4) is 0 Å². The molecule has 0 atom stereocenters. The normalized spacial score (nSPS) is 23.0. The van der Waals surface area contributed by atoms with Crippen LogP contribution in [0.4, 0.5) is 0 Å². The zero-order chi connectivity index (χ0) is 7.23. The number of allylic oxidation sites excluding steroid dienone is 3. The molecule has 1 heterocycles. The van der Waals surface area contributed by atoms with E-state index in [1.165, 1.54) is 18.4 Å². The van der Waals surface area contributed by atoms with Crippen LogP contribution in [0.2, 0.25) is 0 Å². The summed E-state index contributed by atoms with van der Waals surface area (Å²) in [5.74, 6) is 0. The van der Waals surface area contributed by atoms with Gasteiger partial charge in [-0.05, 0) is 25.3 Å². The van der Waals surface area contributed by atoms with Crippen molar-refractivity contribution in [3.05, 3.63) is 24.3 Å². The first-order chi connectivity index (χ1) is 4.89. The molecule has 0 aromatic heterocycles. The lowest BCUT2D eigenvalue weighted by Crippen LogP contribution is -1.81. The third-order valence-electron chi connectivity index (χ3n) is 1.56. The average molecular weight is 135 g/mol. The summed E-state index contributed by atoms with van der Waals surface area (Å²) in [7, 11) is 0. The molecule has 1 aliphatic rings. The second-order valence-electron chi connectivity index (χ2n) is 2.53. The molecule has 0 amide bonds. The molecule has 0 saturated carbocycles. The topological polar surface area (TPSA) is 12.4 Å². The van der Waals surface area contributed by atoms with Gasteiger partial charge in [-0.15, -0.1) is 0 Å². The van der Waals surface area contributed by atoms with E-state index in [1.54, 1.807) is 0 Å². The second kappa shape index (κ2) is 4.04. The molecule has 0 N–H and O–H groups in total. The first-order valence-electron chi connectivity index (χ1n) is 3.74. The fourth-order valence-corrected chi connectivity index (χ4v) is 0.953. The lowest BCUT2D eigenvalue weighted by Gasteiger charge is -1.95. The highest BCUT2D eigenvalue weighted by Crippen LogP contribution is 2.07. The summed E-state index contributed by atoms with van der Waals surface area (Å²) in [6, 6.07) is 0. The standard InChI is InChI=1S/C9H13N/c1-9-5-2-3-7-10-8-4-6-9/h4,6,8H,1-3,5,7H2/b6-4-,10-8?. The van der Waals surface area contributed by atoms with E-state index in [0.29, 0.717) is 0 Å². The minimum absolute atomic E-state index is 0.970. The smallest absolute Gasteiger partial charge is 0.0389 e. The maximum absolute atomic E-state index is 4.17. The molecule has 0 spiro atoms. The van der Waals surface area contributed by atoms with Gasteiger partial charge in [-0.3, -0.25) is 4.99 Å². The minimum atomic E-state index is 0.970. The largest absolute Gasteiger partial charge is 0.293 e. The molecule has 0 fully saturated rings. The van der Waals surface area contributed by atoms with Crippen molar-refractivity contribution in [1.29, 1.82) is 0 Å². The Kier molecular flexibility index (Phi) is 2.94. The molecule has 10 heavy (non-hydrogen) atoms. The number of aliphatic imine (C=N–C) groups is 1. The van der Waals surface area contributed by atoms with Crippen LogP contribution in [-0.4, -0.2) is 12.8 Å². The maximum atomic E-state index is 4.17. The van der Waals surface area contributed by atoms with Gasteiger partial charge in [0.05, 0.1) is 0 Å². The van der Waals surface area contributed by atoms with Gasteiger partial charge in [-0.2, -0.15) is 0 Å². The van der Waals surface area contributed by atoms with Crippen LogP contribution in [0.1, 0.15) is 19.3 Å². The summed E-state index contributed by atoms with van der Waals surface area (Å²) >= 11 is 0. The molecule has 1 nitrogen and oxygen atoms in total. The molecule has 0 saturated heterocycles. The van der Waals surface area contributed by atoms with Crippen molar-refractivity contribution >= 4 is 6.21 Å². The monoisotopic (exact) mass is 135 g/mol. The van der Waals surface area contributed by atoms with Gasteiger partial charge in [0, 0.05) is 12.8 Å². The maximum Gasteiger partial charge on any atom is 0.0389 e. The van der Waals surface area contributed by atoms with Crippen LogP contribution < -0.4 is 0 Å². The van der Waals surface area contributed by atoms with Crippen LogP contribution in [0.5, 0.6) is 0 Å². The summed E-state index contributed by atoms with van der Waals surface area (Å²) in [6.07, 6.45) is 9.40. The van der Waals surface area contributed by atoms with E-state index in [1.807, 2.05) is 18.4 Å². The fraction of sp³-hybridized carbons (Fsp3) is 0.444. The van der Waals surface area contributed by atoms with Gasteiger partial charge in [0.2, 0.25) is 0 Å². The molecule has 1 rings (SSSR count).